The molecule has 3 nitrogen and oxygen atoms in total. The summed E-state index contributed by atoms with van der Waals surface area (Å²) in [6.45, 7) is 6.53. The molecule has 1 fully saturated rings. The molecule has 1 unspecified atom stereocenters. The average molecular weight is 301 g/mol. The van der Waals surface area contributed by atoms with Gasteiger partial charge < -0.3 is 5.32 Å². The number of likely N-dealkylation sites (tertiary alicyclic amines) is 1. The molecule has 0 aliphatic carbocycles. The van der Waals surface area contributed by atoms with Crippen LogP contribution in [0.1, 0.15) is 22.7 Å². The molecule has 0 radical (unpaired) electrons. The normalized spacial score (nSPS) is 19.2. The van der Waals surface area contributed by atoms with Crippen molar-refractivity contribution in [3.05, 3.63) is 52.0 Å². The lowest BCUT2D eigenvalue weighted by Crippen LogP contribution is -2.33. The highest BCUT2D eigenvalue weighted by atomic mass is 32.1. The zero-order valence-corrected chi connectivity index (χ0v) is 13.4. The van der Waals surface area contributed by atoms with Crippen LogP contribution in [-0.4, -0.2) is 35.6 Å². The van der Waals surface area contributed by atoms with Crippen molar-refractivity contribution < 1.29 is 0 Å². The van der Waals surface area contributed by atoms with Gasteiger partial charge in [-0.3, -0.25) is 4.90 Å². The van der Waals surface area contributed by atoms with Crippen molar-refractivity contribution in [2.24, 2.45) is 0 Å². The first-order valence-corrected chi connectivity index (χ1v) is 8.58. The highest BCUT2D eigenvalue weighted by molar-refractivity contribution is 7.09. The van der Waals surface area contributed by atoms with Crippen LogP contribution < -0.4 is 5.32 Å². The van der Waals surface area contributed by atoms with E-state index in [1.165, 1.54) is 23.5 Å². The number of rotatable bonds is 6. The van der Waals surface area contributed by atoms with Crippen molar-refractivity contribution in [3.63, 3.8) is 0 Å². The minimum absolute atomic E-state index is 0.634. The summed E-state index contributed by atoms with van der Waals surface area (Å²) in [6, 6.07) is 11.4. The maximum absolute atomic E-state index is 4.51. The molecule has 1 saturated heterocycles. The van der Waals surface area contributed by atoms with Crippen molar-refractivity contribution in [3.8, 4) is 0 Å². The van der Waals surface area contributed by atoms with E-state index in [9.17, 15) is 0 Å². The quantitative estimate of drug-likeness (QED) is 0.889. The van der Waals surface area contributed by atoms with Gasteiger partial charge in [0.2, 0.25) is 0 Å². The molecule has 21 heavy (non-hydrogen) atoms. The molecule has 112 valence electrons. The van der Waals surface area contributed by atoms with Crippen molar-refractivity contribution in [2.45, 2.75) is 32.4 Å². The van der Waals surface area contributed by atoms with Gasteiger partial charge in [0.25, 0.3) is 0 Å². The van der Waals surface area contributed by atoms with E-state index < -0.39 is 0 Å². The van der Waals surface area contributed by atoms with Crippen molar-refractivity contribution in [1.82, 2.24) is 15.2 Å². The Hall–Kier alpha value is -1.23. The van der Waals surface area contributed by atoms with Crippen LogP contribution in [0.3, 0.4) is 0 Å². The summed E-state index contributed by atoms with van der Waals surface area (Å²) in [5, 5.41) is 7.06. The van der Waals surface area contributed by atoms with Crippen LogP contribution in [0.15, 0.2) is 35.7 Å². The van der Waals surface area contributed by atoms with Gasteiger partial charge in [-0.05, 0) is 18.9 Å². The number of benzene rings is 1. The fourth-order valence-corrected chi connectivity index (χ4v) is 3.66. The van der Waals surface area contributed by atoms with Crippen LogP contribution in [0.4, 0.5) is 0 Å². The first kappa shape index (κ1) is 14.7. The monoisotopic (exact) mass is 301 g/mol. The third-order valence-corrected chi connectivity index (χ3v) is 4.99. The summed E-state index contributed by atoms with van der Waals surface area (Å²) >= 11 is 1.77. The minimum atomic E-state index is 0.634. The Balaban J connectivity index is 1.38. The zero-order valence-electron chi connectivity index (χ0n) is 12.6. The molecular formula is C17H23N3S. The van der Waals surface area contributed by atoms with Crippen molar-refractivity contribution in [1.29, 1.82) is 0 Å². The van der Waals surface area contributed by atoms with E-state index in [4.69, 9.17) is 0 Å². The van der Waals surface area contributed by atoms with E-state index in [0.29, 0.717) is 6.04 Å². The van der Waals surface area contributed by atoms with Crippen LogP contribution in [0.2, 0.25) is 0 Å². The van der Waals surface area contributed by atoms with Gasteiger partial charge in [-0.25, -0.2) is 4.98 Å². The van der Waals surface area contributed by atoms with E-state index in [2.05, 4.69) is 57.8 Å². The van der Waals surface area contributed by atoms with Crippen LogP contribution in [0, 0.1) is 6.92 Å². The number of hydrogen-bond acceptors (Lipinski definition) is 4. The van der Waals surface area contributed by atoms with Gasteiger partial charge in [0, 0.05) is 49.7 Å². The smallest absolute Gasteiger partial charge is 0.0940 e. The maximum Gasteiger partial charge on any atom is 0.0940 e. The van der Waals surface area contributed by atoms with Gasteiger partial charge in [-0.1, -0.05) is 30.3 Å². The topological polar surface area (TPSA) is 28.2 Å². The van der Waals surface area contributed by atoms with E-state index in [1.807, 2.05) is 0 Å². The van der Waals surface area contributed by atoms with Gasteiger partial charge in [0.1, 0.15) is 0 Å². The first-order chi connectivity index (χ1) is 10.3. The molecule has 2 aromatic rings. The Morgan fingerprint density at radius 2 is 2.19 bits per heavy atom. The number of thiazole rings is 1. The molecule has 1 N–H and O–H groups in total. The molecule has 1 aliphatic rings. The standard InChI is InChI=1S/C17H23N3S/c1-14-13-21-17(19-14)7-9-18-16-8-10-20(12-16)11-15-5-3-2-4-6-15/h2-6,13,16,18H,7-12H2,1H3. The molecule has 1 aromatic heterocycles. The third kappa shape index (κ3) is 4.37. The molecule has 0 saturated carbocycles. The van der Waals surface area contributed by atoms with Crippen molar-refractivity contribution in [2.75, 3.05) is 19.6 Å². The predicted octanol–water partition coefficient (Wildman–Crippen LogP) is 2.86. The Bertz CT molecular complexity index is 552. The van der Waals surface area contributed by atoms with E-state index >= 15 is 0 Å². The van der Waals surface area contributed by atoms with Crippen LogP contribution in [0.25, 0.3) is 0 Å². The number of aromatic nitrogens is 1. The highest BCUT2D eigenvalue weighted by Gasteiger charge is 2.21. The largest absolute Gasteiger partial charge is 0.312 e. The molecule has 1 atom stereocenters. The first-order valence-electron chi connectivity index (χ1n) is 7.70. The van der Waals surface area contributed by atoms with Gasteiger partial charge in [0.05, 0.1) is 5.01 Å². The predicted molar refractivity (Wildman–Crippen MR) is 88.7 cm³/mol. The summed E-state index contributed by atoms with van der Waals surface area (Å²) < 4.78 is 0. The van der Waals surface area contributed by atoms with Crippen molar-refractivity contribution >= 4 is 11.3 Å². The lowest BCUT2D eigenvalue weighted by molar-refractivity contribution is 0.320. The second-order valence-corrected chi connectivity index (χ2v) is 6.74. The lowest BCUT2D eigenvalue weighted by Gasteiger charge is -2.16. The Morgan fingerprint density at radius 3 is 2.95 bits per heavy atom. The summed E-state index contributed by atoms with van der Waals surface area (Å²) in [5.41, 5.74) is 2.56. The fourth-order valence-electron chi connectivity index (χ4n) is 2.89. The molecular weight excluding hydrogens is 278 g/mol. The van der Waals surface area contributed by atoms with Gasteiger partial charge >= 0.3 is 0 Å². The number of nitrogens with zero attached hydrogens (tertiary/aromatic N) is 2. The number of hydrogen-bond donors (Lipinski definition) is 1. The molecule has 3 rings (SSSR count). The SMILES string of the molecule is Cc1csc(CCNC2CCN(Cc3ccccc3)C2)n1. The van der Waals surface area contributed by atoms with Crippen LogP contribution in [-0.2, 0) is 13.0 Å². The summed E-state index contributed by atoms with van der Waals surface area (Å²) in [4.78, 5) is 7.06. The third-order valence-electron chi connectivity index (χ3n) is 3.96. The van der Waals surface area contributed by atoms with E-state index in [-0.39, 0.29) is 0 Å². The second kappa shape index (κ2) is 7.16. The molecule has 0 spiro atoms. The molecule has 0 bridgehead atoms. The fraction of sp³-hybridized carbons (Fsp3) is 0.471. The van der Waals surface area contributed by atoms with Crippen LogP contribution >= 0.6 is 11.3 Å². The number of nitrogens with one attached hydrogen (secondary N) is 1. The summed E-state index contributed by atoms with van der Waals surface area (Å²) in [7, 11) is 0. The molecule has 4 heteroatoms. The Labute approximate surface area is 131 Å². The molecule has 2 heterocycles. The zero-order chi connectivity index (χ0) is 14.5. The highest BCUT2D eigenvalue weighted by Crippen LogP contribution is 2.14. The summed E-state index contributed by atoms with van der Waals surface area (Å²) in [6.07, 6.45) is 2.30. The van der Waals surface area contributed by atoms with Crippen LogP contribution in [0.5, 0.6) is 0 Å². The Morgan fingerprint density at radius 1 is 1.33 bits per heavy atom. The van der Waals surface area contributed by atoms with Gasteiger partial charge in [-0.2, -0.15) is 0 Å². The maximum atomic E-state index is 4.51. The van der Waals surface area contributed by atoms with E-state index in [1.54, 1.807) is 11.3 Å². The Kier molecular flexibility index (Phi) is 5.01. The van der Waals surface area contributed by atoms with Gasteiger partial charge in [-0.15, -0.1) is 11.3 Å². The summed E-state index contributed by atoms with van der Waals surface area (Å²) in [5.74, 6) is 0. The number of aryl methyl sites for hydroxylation is 1. The molecule has 1 aliphatic heterocycles. The van der Waals surface area contributed by atoms with Gasteiger partial charge in [0.15, 0.2) is 0 Å². The second-order valence-electron chi connectivity index (χ2n) is 5.79. The molecule has 0 amide bonds. The molecule has 1 aromatic carbocycles. The van der Waals surface area contributed by atoms with E-state index in [0.717, 1.165) is 31.7 Å². The lowest BCUT2D eigenvalue weighted by atomic mass is 10.2. The average Bonchev–Trinajstić information content (AvgIpc) is 3.10. The minimum Gasteiger partial charge on any atom is -0.312 e.